The number of nitrogens with zero attached hydrogens (tertiary/aromatic N) is 4. The third kappa shape index (κ3) is 4.07. The Morgan fingerprint density at radius 1 is 1.16 bits per heavy atom. The first kappa shape index (κ1) is 17.2. The summed E-state index contributed by atoms with van der Waals surface area (Å²) in [6, 6.07) is 13.8. The molecule has 6 nitrogen and oxygen atoms in total. The number of aliphatic hydroxyl groups is 1. The summed E-state index contributed by atoms with van der Waals surface area (Å²) in [5, 5.41) is 25.0. The van der Waals surface area contributed by atoms with Crippen LogP contribution >= 0.6 is 0 Å². The molecule has 0 saturated carbocycles. The molecule has 0 aliphatic rings. The van der Waals surface area contributed by atoms with E-state index in [4.69, 9.17) is 0 Å². The first-order chi connectivity index (χ1) is 12.0. The molecule has 3 aromatic rings. The highest BCUT2D eigenvalue weighted by Crippen LogP contribution is 2.22. The second kappa shape index (κ2) is 7.08. The van der Waals surface area contributed by atoms with Crippen LogP contribution in [0.1, 0.15) is 31.0 Å². The van der Waals surface area contributed by atoms with Crippen LogP contribution in [0, 0.1) is 5.82 Å². The zero-order valence-electron chi connectivity index (χ0n) is 14.1. The maximum absolute atomic E-state index is 13.0. The van der Waals surface area contributed by atoms with E-state index in [0.29, 0.717) is 12.1 Å². The molecule has 0 fully saturated rings. The lowest BCUT2D eigenvalue weighted by atomic mass is 9.95. The second-order valence-corrected chi connectivity index (χ2v) is 6.23. The largest absolute Gasteiger partial charge is 0.384 e. The van der Waals surface area contributed by atoms with E-state index in [1.54, 1.807) is 23.7 Å². The van der Waals surface area contributed by atoms with Gasteiger partial charge in [0.1, 0.15) is 12.1 Å². The van der Waals surface area contributed by atoms with Gasteiger partial charge in [-0.15, -0.1) is 5.10 Å². The van der Waals surface area contributed by atoms with E-state index in [1.165, 1.54) is 18.5 Å². The molecule has 130 valence electrons. The van der Waals surface area contributed by atoms with Crippen molar-refractivity contribution >= 4 is 0 Å². The first-order valence-corrected chi connectivity index (χ1v) is 8.01. The molecular formula is C18H20FN5O. The van der Waals surface area contributed by atoms with Gasteiger partial charge in [0.25, 0.3) is 0 Å². The van der Waals surface area contributed by atoms with Crippen LogP contribution in [-0.4, -0.2) is 31.9 Å². The smallest absolute Gasteiger partial charge is 0.143 e. The summed E-state index contributed by atoms with van der Waals surface area (Å²) >= 11 is 0. The molecule has 2 unspecified atom stereocenters. The fraction of sp³-hybridized carbons (Fsp3) is 0.278. The number of hydrogen-bond acceptors (Lipinski definition) is 5. The van der Waals surface area contributed by atoms with E-state index in [-0.39, 0.29) is 11.9 Å². The standard InChI is InChI=1S/C18H20FN5O/c1-13(14-3-9-17(10-4-14)24-12-21-22-23-24)20-11-18(2,25)15-5-7-16(19)8-6-15/h3-10,12-13,20,25H,11H2,1-2H3. The Balaban J connectivity index is 1.63. The fourth-order valence-corrected chi connectivity index (χ4v) is 2.58. The number of tetrazole rings is 1. The molecule has 3 rings (SSSR count). The van der Waals surface area contributed by atoms with Crippen molar-refractivity contribution in [1.29, 1.82) is 0 Å². The monoisotopic (exact) mass is 341 g/mol. The maximum Gasteiger partial charge on any atom is 0.143 e. The van der Waals surface area contributed by atoms with Gasteiger partial charge in [0.2, 0.25) is 0 Å². The minimum Gasteiger partial charge on any atom is -0.384 e. The molecule has 2 N–H and O–H groups in total. The van der Waals surface area contributed by atoms with Gasteiger partial charge in [-0.2, -0.15) is 0 Å². The Labute approximate surface area is 145 Å². The lowest BCUT2D eigenvalue weighted by molar-refractivity contribution is 0.0543. The maximum atomic E-state index is 13.0. The van der Waals surface area contributed by atoms with Gasteiger partial charge in [-0.25, -0.2) is 9.07 Å². The second-order valence-electron chi connectivity index (χ2n) is 6.23. The number of benzene rings is 2. The van der Waals surface area contributed by atoms with E-state index < -0.39 is 5.60 Å². The number of rotatable bonds is 6. The molecule has 1 aromatic heterocycles. The van der Waals surface area contributed by atoms with Crippen LogP contribution < -0.4 is 5.32 Å². The molecule has 0 saturated heterocycles. The van der Waals surface area contributed by atoms with Crippen molar-refractivity contribution in [3.05, 3.63) is 71.8 Å². The molecule has 7 heteroatoms. The van der Waals surface area contributed by atoms with E-state index in [2.05, 4.69) is 20.8 Å². The van der Waals surface area contributed by atoms with Gasteiger partial charge in [0.05, 0.1) is 11.3 Å². The van der Waals surface area contributed by atoms with E-state index >= 15 is 0 Å². The van der Waals surface area contributed by atoms with Crippen LogP contribution in [0.2, 0.25) is 0 Å². The Hall–Kier alpha value is -2.64. The van der Waals surface area contributed by atoms with Crippen molar-refractivity contribution in [2.45, 2.75) is 25.5 Å². The molecule has 0 aliphatic carbocycles. The Morgan fingerprint density at radius 3 is 2.44 bits per heavy atom. The predicted octanol–water partition coefficient (Wildman–Crippen LogP) is 2.36. The highest BCUT2D eigenvalue weighted by molar-refractivity contribution is 5.34. The van der Waals surface area contributed by atoms with Gasteiger partial charge >= 0.3 is 0 Å². The zero-order valence-corrected chi connectivity index (χ0v) is 14.1. The lowest BCUT2D eigenvalue weighted by Gasteiger charge is -2.26. The van der Waals surface area contributed by atoms with Crippen molar-refractivity contribution in [1.82, 2.24) is 25.5 Å². The highest BCUT2D eigenvalue weighted by atomic mass is 19.1. The molecule has 2 aromatic carbocycles. The Morgan fingerprint density at radius 2 is 1.84 bits per heavy atom. The normalized spacial score (nSPS) is 14.9. The van der Waals surface area contributed by atoms with E-state index in [9.17, 15) is 9.50 Å². The molecule has 1 heterocycles. The summed E-state index contributed by atoms with van der Waals surface area (Å²) in [7, 11) is 0. The van der Waals surface area contributed by atoms with Crippen LogP contribution in [0.25, 0.3) is 5.69 Å². The number of hydrogen-bond donors (Lipinski definition) is 2. The van der Waals surface area contributed by atoms with Gasteiger partial charge < -0.3 is 10.4 Å². The average molecular weight is 341 g/mol. The number of nitrogens with one attached hydrogen (secondary N) is 1. The van der Waals surface area contributed by atoms with Crippen molar-refractivity contribution in [3.8, 4) is 5.69 Å². The summed E-state index contributed by atoms with van der Waals surface area (Å²) < 4.78 is 14.6. The predicted molar refractivity (Wildman–Crippen MR) is 91.5 cm³/mol. The Bertz CT molecular complexity index is 800. The highest BCUT2D eigenvalue weighted by Gasteiger charge is 2.23. The minimum absolute atomic E-state index is 0.0369. The summed E-state index contributed by atoms with van der Waals surface area (Å²) in [5.41, 5.74) is 1.53. The molecule has 0 spiro atoms. The van der Waals surface area contributed by atoms with Crippen molar-refractivity contribution < 1.29 is 9.50 Å². The van der Waals surface area contributed by atoms with Gasteiger partial charge in [0, 0.05) is 12.6 Å². The summed E-state index contributed by atoms with van der Waals surface area (Å²) in [4.78, 5) is 0. The molecule has 0 bridgehead atoms. The molecule has 0 aliphatic heterocycles. The number of halogens is 1. The van der Waals surface area contributed by atoms with Gasteiger partial charge in [-0.05, 0) is 59.7 Å². The van der Waals surface area contributed by atoms with Crippen LogP contribution in [0.15, 0.2) is 54.9 Å². The average Bonchev–Trinajstić information content (AvgIpc) is 3.15. The summed E-state index contributed by atoms with van der Waals surface area (Å²) in [6.45, 7) is 4.07. The van der Waals surface area contributed by atoms with Crippen LogP contribution in [-0.2, 0) is 5.60 Å². The van der Waals surface area contributed by atoms with Crippen LogP contribution in [0.3, 0.4) is 0 Å². The van der Waals surface area contributed by atoms with Gasteiger partial charge in [-0.3, -0.25) is 0 Å². The third-order valence-corrected chi connectivity index (χ3v) is 4.23. The fourth-order valence-electron chi connectivity index (χ4n) is 2.58. The summed E-state index contributed by atoms with van der Waals surface area (Å²) in [6.07, 6.45) is 1.54. The van der Waals surface area contributed by atoms with Crippen molar-refractivity contribution in [2.75, 3.05) is 6.54 Å². The molecule has 2 atom stereocenters. The van der Waals surface area contributed by atoms with Crippen molar-refractivity contribution in [2.24, 2.45) is 0 Å². The minimum atomic E-state index is -1.09. The Kier molecular flexibility index (Phi) is 4.87. The SMILES string of the molecule is CC(NCC(C)(O)c1ccc(F)cc1)c1ccc(-n2cnnn2)cc1. The zero-order chi connectivity index (χ0) is 17.9. The van der Waals surface area contributed by atoms with Gasteiger partial charge in [0.15, 0.2) is 0 Å². The molecule has 0 radical (unpaired) electrons. The topological polar surface area (TPSA) is 75.9 Å². The quantitative estimate of drug-likeness (QED) is 0.720. The number of aromatic nitrogens is 4. The van der Waals surface area contributed by atoms with E-state index in [1.807, 2.05) is 31.2 Å². The third-order valence-electron chi connectivity index (χ3n) is 4.23. The van der Waals surface area contributed by atoms with Gasteiger partial charge in [-0.1, -0.05) is 24.3 Å². The first-order valence-electron chi connectivity index (χ1n) is 8.01. The molecule has 25 heavy (non-hydrogen) atoms. The summed E-state index contributed by atoms with van der Waals surface area (Å²) in [5.74, 6) is -0.316. The van der Waals surface area contributed by atoms with Crippen LogP contribution in [0.5, 0.6) is 0 Å². The molecule has 0 amide bonds. The lowest BCUT2D eigenvalue weighted by Crippen LogP contribution is -2.36. The van der Waals surface area contributed by atoms with Crippen LogP contribution in [0.4, 0.5) is 4.39 Å². The van der Waals surface area contributed by atoms with Crippen molar-refractivity contribution in [3.63, 3.8) is 0 Å². The van der Waals surface area contributed by atoms with E-state index in [0.717, 1.165) is 11.3 Å². The molecular weight excluding hydrogens is 321 g/mol.